The summed E-state index contributed by atoms with van der Waals surface area (Å²) in [7, 11) is 8.90. The van der Waals surface area contributed by atoms with Gasteiger partial charge in [-0.3, -0.25) is 0 Å². The zero-order valence-electron chi connectivity index (χ0n) is 58.2. The second kappa shape index (κ2) is 48.8. The van der Waals surface area contributed by atoms with Crippen molar-refractivity contribution in [3.8, 4) is 0 Å². The van der Waals surface area contributed by atoms with Gasteiger partial charge >= 0.3 is 0 Å². The maximum atomic E-state index is 5.80. The largest absolute Gasteiger partial charge is 0.381 e. The Balaban J connectivity index is 0.000000907. The van der Waals surface area contributed by atoms with Gasteiger partial charge < -0.3 is 37.9 Å². The van der Waals surface area contributed by atoms with Crippen LogP contribution in [-0.4, -0.2) is 105 Å². The molecule has 8 rings (SSSR count). The highest BCUT2D eigenvalue weighted by Crippen LogP contribution is 2.56. The van der Waals surface area contributed by atoms with Gasteiger partial charge in [0.15, 0.2) is 0 Å². The van der Waals surface area contributed by atoms with Crippen molar-refractivity contribution < 1.29 is 37.9 Å². The fourth-order valence-electron chi connectivity index (χ4n) is 13.6. The average molecular weight is 1140 g/mol. The molecule has 0 aliphatic heterocycles. The van der Waals surface area contributed by atoms with Crippen LogP contribution in [0.5, 0.6) is 0 Å². The zero-order valence-corrected chi connectivity index (χ0v) is 58.2. The van der Waals surface area contributed by atoms with E-state index in [2.05, 4.69) is 118 Å². The Morgan fingerprint density at radius 2 is 0.800 bits per heavy atom. The Morgan fingerprint density at radius 3 is 1.12 bits per heavy atom. The molecule has 0 aromatic carbocycles. The number of hydrogen-bond acceptors (Lipinski definition) is 8. The summed E-state index contributed by atoms with van der Waals surface area (Å²) in [6, 6.07) is 0. The second-order valence-corrected chi connectivity index (χ2v) is 27.4. The van der Waals surface area contributed by atoms with Gasteiger partial charge in [-0.2, -0.15) is 0 Å². The first-order valence-electron chi connectivity index (χ1n) is 34.6. The van der Waals surface area contributed by atoms with Gasteiger partial charge in [0.1, 0.15) is 0 Å². The van der Waals surface area contributed by atoms with Crippen LogP contribution < -0.4 is 0 Å². The molecule has 0 heterocycles. The standard InChI is InChI=1S/C14H26O.C13H22O.C9H18O.C8H16O.C8H18O.2C7H16O.C6H14O/c1-2-15-14-10-6-9-13(11-14)12-7-4-3-5-8-12;1-2-14-8-13-11-4-9-3-10(6-11)7-12(13)5-9;1-8(10-2)9-6-4-3-5-7-9;1-7(9-2)8-5-3-4-6-8;1-6(2)7(3)8(4)9-5;1-5-6(2)7(3)8-4;1-5-8-7(4)6(2)3;1-5(2)6(3)7-4/h12-14H,2-11H2,1H3;9-13H,2-8H2,1H3;8-9H,3-7H2,1-2H3;7-8H,3-6H2,1-2H3;6-8H,1-5H3;2*6-7H,5H2,1-4H3;5-6H,1-4H3. The molecule has 0 spiro atoms. The molecule has 0 amide bonds. The summed E-state index contributed by atoms with van der Waals surface area (Å²) in [5.41, 5.74) is 0. The van der Waals surface area contributed by atoms with E-state index in [0.29, 0.717) is 66.4 Å². The minimum Gasteiger partial charge on any atom is -0.381 e. The van der Waals surface area contributed by atoms with Crippen molar-refractivity contribution in [2.75, 3.05) is 62.0 Å². The lowest BCUT2D eigenvalue weighted by Crippen LogP contribution is -2.46. The van der Waals surface area contributed by atoms with E-state index in [1.807, 2.05) is 21.1 Å². The topological polar surface area (TPSA) is 73.8 Å². The first kappa shape index (κ1) is 79.7. The van der Waals surface area contributed by atoms with Gasteiger partial charge in [-0.05, 0) is 222 Å². The van der Waals surface area contributed by atoms with Crippen molar-refractivity contribution in [3.63, 3.8) is 0 Å². The molecule has 0 aromatic heterocycles. The van der Waals surface area contributed by atoms with Crippen LogP contribution >= 0.6 is 0 Å². The summed E-state index contributed by atoms with van der Waals surface area (Å²) in [6.45, 7) is 42.4. The Kier molecular flexibility index (Phi) is 48.6. The maximum absolute atomic E-state index is 5.80. The average Bonchev–Trinajstić information content (AvgIpc) is 4.05. The van der Waals surface area contributed by atoms with E-state index < -0.39 is 0 Å². The first-order chi connectivity index (χ1) is 38.1. The summed E-state index contributed by atoms with van der Waals surface area (Å²) >= 11 is 0. The van der Waals surface area contributed by atoms with Crippen molar-refractivity contribution in [1.29, 1.82) is 0 Å². The van der Waals surface area contributed by atoms with E-state index >= 15 is 0 Å². The highest BCUT2D eigenvalue weighted by Gasteiger charge is 2.48. The van der Waals surface area contributed by atoms with Crippen molar-refractivity contribution in [1.82, 2.24) is 0 Å². The van der Waals surface area contributed by atoms with Crippen LogP contribution in [0.3, 0.4) is 0 Å². The van der Waals surface area contributed by atoms with Gasteiger partial charge in [-0.15, -0.1) is 0 Å². The maximum Gasteiger partial charge on any atom is 0.0577 e. The molecule has 482 valence electrons. The lowest BCUT2D eigenvalue weighted by Gasteiger charge is -2.54. The van der Waals surface area contributed by atoms with Crippen molar-refractivity contribution in [3.05, 3.63) is 0 Å². The third-order valence-corrected chi connectivity index (χ3v) is 21.1. The lowest BCUT2D eigenvalue weighted by atomic mass is 9.52. The fraction of sp³-hybridized carbons (Fsp3) is 1.00. The molecule has 8 aliphatic rings. The molecule has 8 nitrogen and oxygen atoms in total. The zero-order chi connectivity index (χ0) is 60.6. The van der Waals surface area contributed by atoms with E-state index in [1.54, 1.807) is 27.8 Å². The first-order valence-corrected chi connectivity index (χ1v) is 34.6. The van der Waals surface area contributed by atoms with E-state index in [1.165, 1.54) is 148 Å². The van der Waals surface area contributed by atoms with E-state index in [-0.39, 0.29) is 0 Å². The van der Waals surface area contributed by atoms with Crippen LogP contribution in [0.25, 0.3) is 0 Å². The Bertz CT molecular complexity index is 1280. The van der Waals surface area contributed by atoms with E-state index in [4.69, 9.17) is 37.9 Å². The van der Waals surface area contributed by atoms with Crippen molar-refractivity contribution in [2.45, 2.75) is 321 Å². The minimum atomic E-state index is 0.394. The number of rotatable bonds is 21. The van der Waals surface area contributed by atoms with Gasteiger partial charge in [-0.25, -0.2) is 0 Å². The molecule has 8 saturated carbocycles. The van der Waals surface area contributed by atoms with Crippen LogP contribution in [0.1, 0.15) is 279 Å². The molecule has 80 heavy (non-hydrogen) atoms. The highest BCUT2D eigenvalue weighted by atomic mass is 16.5. The summed E-state index contributed by atoms with van der Waals surface area (Å²) in [6.07, 6.45) is 37.8. The van der Waals surface area contributed by atoms with Crippen LogP contribution in [0.2, 0.25) is 0 Å². The third-order valence-electron chi connectivity index (χ3n) is 21.1. The molecule has 0 radical (unpaired) electrons. The molecular weight excluding hydrogens is 993 g/mol. The van der Waals surface area contributed by atoms with Gasteiger partial charge in [0.05, 0.1) is 42.7 Å². The van der Waals surface area contributed by atoms with Crippen LogP contribution in [0.15, 0.2) is 0 Å². The molecule has 4 bridgehead atoms. The molecule has 10 unspecified atom stereocenters. The smallest absolute Gasteiger partial charge is 0.0577 e. The summed E-state index contributed by atoms with van der Waals surface area (Å²) in [4.78, 5) is 0. The second-order valence-electron chi connectivity index (χ2n) is 27.4. The summed E-state index contributed by atoms with van der Waals surface area (Å²) in [5.74, 6) is 12.3. The third kappa shape index (κ3) is 34.7. The molecule has 0 saturated heterocycles. The Hall–Kier alpha value is -0.320. The SMILES string of the molecule is CCC(C)C(C)OC.CCOC(C)C(C)C.CCOC1CCCC(C2CCCCC2)C1.CCOCC1C2CC3CC(C2)CC1C3.COC(C)C(C)C.COC(C)C(C)C(C)C.COC(C)C1CCCC1.COC(C)C1CCCCC1. The van der Waals surface area contributed by atoms with Crippen LogP contribution in [0.4, 0.5) is 0 Å². The van der Waals surface area contributed by atoms with Gasteiger partial charge in [0.25, 0.3) is 0 Å². The minimum absolute atomic E-state index is 0.394. The van der Waals surface area contributed by atoms with Crippen LogP contribution in [-0.2, 0) is 37.9 Å². The van der Waals surface area contributed by atoms with Gasteiger partial charge in [-0.1, -0.05) is 139 Å². The molecule has 0 N–H and O–H groups in total. The van der Waals surface area contributed by atoms with E-state index in [9.17, 15) is 0 Å². The van der Waals surface area contributed by atoms with Gasteiger partial charge in [0.2, 0.25) is 0 Å². The molecule has 8 aliphatic carbocycles. The number of ether oxygens (including phenoxy) is 8. The summed E-state index contributed by atoms with van der Waals surface area (Å²) < 4.78 is 42.6. The van der Waals surface area contributed by atoms with Crippen LogP contribution in [0, 0.1) is 82.9 Å². The predicted molar refractivity (Wildman–Crippen MR) is 346 cm³/mol. The molecule has 8 fully saturated rings. The molecule has 8 heteroatoms. The van der Waals surface area contributed by atoms with Gasteiger partial charge in [0, 0.05) is 62.0 Å². The molecular formula is C72H146O8. The lowest BCUT2D eigenvalue weighted by molar-refractivity contribution is -0.0699. The highest BCUT2D eigenvalue weighted by molar-refractivity contribution is 4.98. The monoisotopic (exact) mass is 1140 g/mol. The number of methoxy groups -OCH3 is 5. The predicted octanol–water partition coefficient (Wildman–Crippen LogP) is 20.2. The molecule has 10 atom stereocenters. The fourth-order valence-corrected chi connectivity index (χ4v) is 13.6. The normalized spacial score (nSPS) is 27.6. The quantitative estimate of drug-likeness (QED) is 0.113. The van der Waals surface area contributed by atoms with Crippen molar-refractivity contribution in [2.24, 2.45) is 82.9 Å². The molecule has 0 aromatic rings. The Labute approximate surface area is 502 Å². The number of hydrogen-bond donors (Lipinski definition) is 0. The van der Waals surface area contributed by atoms with E-state index in [0.717, 1.165) is 85.6 Å². The summed E-state index contributed by atoms with van der Waals surface area (Å²) in [5, 5.41) is 0. The van der Waals surface area contributed by atoms with Crippen molar-refractivity contribution >= 4 is 0 Å². The Morgan fingerprint density at radius 1 is 0.362 bits per heavy atom.